The maximum atomic E-state index is 12.2. The molecule has 0 fully saturated rings. The Morgan fingerprint density at radius 3 is 2.61 bits per heavy atom. The highest BCUT2D eigenvalue weighted by molar-refractivity contribution is 9.11. The summed E-state index contributed by atoms with van der Waals surface area (Å²) in [6.07, 6.45) is 0. The van der Waals surface area contributed by atoms with E-state index in [9.17, 15) is 4.79 Å². The Morgan fingerprint density at radius 2 is 2.06 bits per heavy atom. The molecule has 0 radical (unpaired) electrons. The lowest BCUT2D eigenvalue weighted by Gasteiger charge is -2.16. The Morgan fingerprint density at radius 1 is 1.39 bits per heavy atom. The summed E-state index contributed by atoms with van der Waals surface area (Å²) in [5, 5.41) is 2.05. The number of benzene rings is 1. The summed E-state index contributed by atoms with van der Waals surface area (Å²) in [5.41, 5.74) is 1.82. The summed E-state index contributed by atoms with van der Waals surface area (Å²) in [6, 6.07) is 9.28. The van der Waals surface area contributed by atoms with Crippen molar-refractivity contribution in [3.63, 3.8) is 0 Å². The quantitative estimate of drug-likeness (QED) is 0.834. The molecule has 2 rings (SSSR count). The van der Waals surface area contributed by atoms with Gasteiger partial charge in [-0.15, -0.1) is 24.0 Å². The summed E-state index contributed by atoms with van der Waals surface area (Å²) in [5.74, 6) is 0.0191. The van der Waals surface area contributed by atoms with Crippen molar-refractivity contribution < 1.29 is 4.79 Å². The molecule has 0 aliphatic heterocycles. The van der Waals surface area contributed by atoms with Gasteiger partial charge in [-0.05, 0) is 57.2 Å². The molecule has 5 heteroatoms. The Hall–Kier alpha value is -0.780. The van der Waals surface area contributed by atoms with Crippen LogP contribution < -0.4 is 0 Å². The number of thiol groups is 1. The predicted molar refractivity (Wildman–Crippen MR) is 81.5 cm³/mol. The minimum Gasteiger partial charge on any atom is -0.337 e. The van der Waals surface area contributed by atoms with Crippen LogP contribution in [-0.2, 0) is 6.54 Å². The lowest BCUT2D eigenvalue weighted by atomic mass is 10.2. The maximum absolute atomic E-state index is 12.2. The van der Waals surface area contributed by atoms with Crippen LogP contribution in [0.4, 0.5) is 0 Å². The van der Waals surface area contributed by atoms with Crippen LogP contribution in [0.25, 0.3) is 0 Å². The highest BCUT2D eigenvalue weighted by atomic mass is 79.9. The number of thiophene rings is 1. The summed E-state index contributed by atoms with van der Waals surface area (Å²) >= 11 is 9.25. The average molecular weight is 342 g/mol. The molecule has 0 unspecified atom stereocenters. The second-order valence-electron chi connectivity index (χ2n) is 3.97. The molecule has 1 aromatic heterocycles. The van der Waals surface area contributed by atoms with Crippen LogP contribution in [-0.4, -0.2) is 17.9 Å². The summed E-state index contributed by atoms with van der Waals surface area (Å²) in [4.78, 5) is 14.7. The van der Waals surface area contributed by atoms with Gasteiger partial charge in [-0.25, -0.2) is 0 Å². The smallest absolute Gasteiger partial charge is 0.253 e. The van der Waals surface area contributed by atoms with Gasteiger partial charge >= 0.3 is 0 Å². The number of hydrogen-bond donors (Lipinski definition) is 1. The van der Waals surface area contributed by atoms with Gasteiger partial charge in [-0.1, -0.05) is 0 Å². The molecule has 2 nitrogen and oxygen atoms in total. The van der Waals surface area contributed by atoms with Gasteiger partial charge in [0.15, 0.2) is 0 Å². The first-order valence-corrected chi connectivity index (χ1v) is 7.45. The van der Waals surface area contributed by atoms with Crippen LogP contribution in [0.15, 0.2) is 44.4 Å². The molecule has 1 aromatic carbocycles. The molecule has 0 bridgehead atoms. The highest BCUT2D eigenvalue weighted by Crippen LogP contribution is 2.22. The first kappa shape index (κ1) is 13.6. The van der Waals surface area contributed by atoms with Gasteiger partial charge < -0.3 is 4.90 Å². The number of nitrogens with zero attached hydrogens (tertiary/aromatic N) is 1. The third-order valence-electron chi connectivity index (χ3n) is 2.50. The van der Waals surface area contributed by atoms with Crippen molar-refractivity contribution in [2.24, 2.45) is 0 Å². The number of carbonyl (C=O) groups is 1. The van der Waals surface area contributed by atoms with E-state index < -0.39 is 0 Å². The monoisotopic (exact) mass is 341 g/mol. The lowest BCUT2D eigenvalue weighted by Crippen LogP contribution is -2.25. The molecular weight excluding hydrogens is 330 g/mol. The molecular formula is C13H12BrNOS2. The van der Waals surface area contributed by atoms with Crippen molar-refractivity contribution >= 4 is 45.8 Å². The minimum absolute atomic E-state index is 0.0191. The van der Waals surface area contributed by atoms with Crippen molar-refractivity contribution in [3.8, 4) is 0 Å². The zero-order valence-electron chi connectivity index (χ0n) is 9.76. The molecule has 0 saturated heterocycles. The van der Waals surface area contributed by atoms with Gasteiger partial charge in [0.1, 0.15) is 0 Å². The Balaban J connectivity index is 2.07. The van der Waals surface area contributed by atoms with Crippen molar-refractivity contribution in [2.45, 2.75) is 11.4 Å². The molecule has 1 amide bonds. The van der Waals surface area contributed by atoms with Crippen LogP contribution in [0, 0.1) is 0 Å². The molecule has 18 heavy (non-hydrogen) atoms. The summed E-state index contributed by atoms with van der Waals surface area (Å²) in [7, 11) is 1.81. The van der Waals surface area contributed by atoms with Gasteiger partial charge in [0.05, 0.1) is 3.79 Å². The van der Waals surface area contributed by atoms with E-state index in [0.29, 0.717) is 12.1 Å². The number of amides is 1. The molecule has 0 aliphatic carbocycles. The lowest BCUT2D eigenvalue weighted by molar-refractivity contribution is 0.0785. The SMILES string of the molecule is CN(Cc1csc(Br)c1)C(=O)c1ccc(S)cc1. The van der Waals surface area contributed by atoms with Gasteiger partial charge in [0.2, 0.25) is 0 Å². The Labute approximate surface area is 124 Å². The fourth-order valence-corrected chi connectivity index (χ4v) is 2.95. The molecule has 0 saturated carbocycles. The zero-order valence-corrected chi connectivity index (χ0v) is 13.1. The minimum atomic E-state index is 0.0191. The number of hydrogen-bond acceptors (Lipinski definition) is 3. The van der Waals surface area contributed by atoms with Gasteiger partial charge in [-0.2, -0.15) is 0 Å². The van der Waals surface area contributed by atoms with Crippen LogP contribution in [0.3, 0.4) is 0 Å². The third kappa shape index (κ3) is 3.37. The van der Waals surface area contributed by atoms with Gasteiger partial charge in [-0.3, -0.25) is 4.79 Å². The van der Waals surface area contributed by atoms with E-state index in [1.165, 1.54) is 0 Å². The summed E-state index contributed by atoms with van der Waals surface area (Å²) < 4.78 is 1.08. The first-order valence-electron chi connectivity index (χ1n) is 5.33. The Bertz CT molecular complexity index is 550. The fraction of sp³-hybridized carbons (Fsp3) is 0.154. The third-order valence-corrected chi connectivity index (χ3v) is 4.35. The van der Waals surface area contributed by atoms with E-state index in [4.69, 9.17) is 0 Å². The molecule has 2 aromatic rings. The van der Waals surface area contributed by atoms with E-state index in [1.54, 1.807) is 28.4 Å². The molecule has 0 aliphatic rings. The van der Waals surface area contributed by atoms with Crippen LogP contribution >= 0.6 is 39.9 Å². The second kappa shape index (κ2) is 5.91. The van der Waals surface area contributed by atoms with Crippen molar-refractivity contribution in [2.75, 3.05) is 7.05 Å². The maximum Gasteiger partial charge on any atom is 0.253 e. The van der Waals surface area contributed by atoms with E-state index >= 15 is 0 Å². The van der Waals surface area contributed by atoms with Crippen LogP contribution in [0.2, 0.25) is 0 Å². The van der Waals surface area contributed by atoms with E-state index in [0.717, 1.165) is 14.2 Å². The van der Waals surface area contributed by atoms with E-state index in [1.807, 2.05) is 30.6 Å². The number of halogens is 1. The first-order chi connectivity index (χ1) is 8.56. The largest absolute Gasteiger partial charge is 0.337 e. The van der Waals surface area contributed by atoms with Crippen molar-refractivity contribution in [3.05, 3.63) is 50.6 Å². The summed E-state index contributed by atoms with van der Waals surface area (Å²) in [6.45, 7) is 0.615. The fourth-order valence-electron chi connectivity index (χ4n) is 1.60. The topological polar surface area (TPSA) is 20.3 Å². The second-order valence-corrected chi connectivity index (χ2v) is 6.77. The van der Waals surface area contributed by atoms with Crippen LogP contribution in [0.5, 0.6) is 0 Å². The van der Waals surface area contributed by atoms with Crippen molar-refractivity contribution in [1.29, 1.82) is 0 Å². The normalized spacial score (nSPS) is 10.4. The van der Waals surface area contributed by atoms with Gasteiger partial charge in [0.25, 0.3) is 5.91 Å². The predicted octanol–water partition coefficient (Wildman–Crippen LogP) is 4.07. The molecule has 0 N–H and O–H groups in total. The van der Waals surface area contributed by atoms with Crippen LogP contribution in [0.1, 0.15) is 15.9 Å². The number of carbonyl (C=O) groups excluding carboxylic acids is 1. The van der Waals surface area contributed by atoms with E-state index in [2.05, 4.69) is 28.6 Å². The number of rotatable bonds is 3. The molecule has 0 atom stereocenters. The standard InChI is InChI=1S/C13H12BrNOS2/c1-15(7-9-6-12(14)18-8-9)13(16)10-2-4-11(17)5-3-10/h2-6,8,17H,7H2,1H3. The van der Waals surface area contributed by atoms with Crippen molar-refractivity contribution in [1.82, 2.24) is 4.90 Å². The highest BCUT2D eigenvalue weighted by Gasteiger charge is 2.12. The molecule has 0 spiro atoms. The molecule has 1 heterocycles. The van der Waals surface area contributed by atoms with E-state index in [-0.39, 0.29) is 5.91 Å². The zero-order chi connectivity index (χ0) is 13.1. The molecule has 94 valence electrons. The average Bonchev–Trinajstić information content (AvgIpc) is 2.75. The van der Waals surface area contributed by atoms with Gasteiger partial charge in [0, 0.05) is 24.1 Å². The Kier molecular flexibility index (Phi) is 4.48.